The van der Waals surface area contributed by atoms with Gasteiger partial charge in [0.05, 0.1) is 6.07 Å². The molecule has 0 saturated heterocycles. The van der Waals surface area contributed by atoms with Crippen LogP contribution in [0, 0.1) is 11.3 Å². The molecule has 0 aliphatic heterocycles. The molecule has 0 aromatic carbocycles. The maximum Gasteiger partial charge on any atom is 0.140 e. The van der Waals surface area contributed by atoms with E-state index in [9.17, 15) is 0 Å². The van der Waals surface area contributed by atoms with Crippen LogP contribution in [-0.4, -0.2) is 11.2 Å². The van der Waals surface area contributed by atoms with Crippen LogP contribution in [0.4, 0.5) is 0 Å². The fourth-order valence-corrected chi connectivity index (χ4v) is 0.652. The standard InChI is InChI=1S/C7H13NO/c1-2-3-4-5-7(9)6-8/h7,9H,2-5H2,1H3. The van der Waals surface area contributed by atoms with Crippen LogP contribution in [0.3, 0.4) is 0 Å². The van der Waals surface area contributed by atoms with E-state index in [1.165, 1.54) is 0 Å². The van der Waals surface area contributed by atoms with Gasteiger partial charge >= 0.3 is 0 Å². The van der Waals surface area contributed by atoms with Gasteiger partial charge in [0.15, 0.2) is 0 Å². The molecule has 0 aromatic heterocycles. The maximum absolute atomic E-state index is 8.72. The van der Waals surface area contributed by atoms with Crippen LogP contribution in [0.15, 0.2) is 0 Å². The van der Waals surface area contributed by atoms with E-state index in [0.29, 0.717) is 6.42 Å². The molecule has 52 valence electrons. The Bertz CT molecular complexity index is 95.6. The molecule has 0 spiro atoms. The van der Waals surface area contributed by atoms with E-state index in [2.05, 4.69) is 6.92 Å². The van der Waals surface area contributed by atoms with Gasteiger partial charge in [-0.05, 0) is 12.8 Å². The second-order valence-electron chi connectivity index (χ2n) is 2.14. The lowest BCUT2D eigenvalue weighted by Crippen LogP contribution is -2.00. The van der Waals surface area contributed by atoms with Crippen molar-refractivity contribution in [1.82, 2.24) is 0 Å². The normalized spacial score (nSPS) is 12.6. The van der Waals surface area contributed by atoms with Crippen LogP contribution in [0.1, 0.15) is 32.6 Å². The van der Waals surface area contributed by atoms with E-state index < -0.39 is 6.10 Å². The van der Waals surface area contributed by atoms with Gasteiger partial charge in [-0.3, -0.25) is 0 Å². The van der Waals surface area contributed by atoms with E-state index in [1.54, 1.807) is 6.07 Å². The van der Waals surface area contributed by atoms with E-state index >= 15 is 0 Å². The fraction of sp³-hybridized carbons (Fsp3) is 0.857. The Hall–Kier alpha value is -0.550. The Labute approximate surface area is 56.1 Å². The zero-order chi connectivity index (χ0) is 7.11. The Morgan fingerprint density at radius 3 is 2.67 bits per heavy atom. The average Bonchev–Trinajstić information content (AvgIpc) is 1.89. The molecule has 0 fully saturated rings. The zero-order valence-corrected chi connectivity index (χ0v) is 5.80. The minimum absolute atomic E-state index is 0.629. The molecule has 0 heterocycles. The number of unbranched alkanes of at least 4 members (excludes halogenated alkanes) is 2. The van der Waals surface area contributed by atoms with Crippen LogP contribution < -0.4 is 0 Å². The minimum Gasteiger partial charge on any atom is -0.378 e. The number of aliphatic hydroxyl groups is 1. The van der Waals surface area contributed by atoms with E-state index in [4.69, 9.17) is 10.4 Å². The minimum atomic E-state index is -0.739. The molecule has 1 unspecified atom stereocenters. The summed E-state index contributed by atoms with van der Waals surface area (Å²) in [5, 5.41) is 16.9. The third-order valence-electron chi connectivity index (χ3n) is 1.23. The summed E-state index contributed by atoms with van der Waals surface area (Å²) in [6, 6.07) is 1.78. The van der Waals surface area contributed by atoms with Crippen molar-refractivity contribution in [3.63, 3.8) is 0 Å². The molecule has 2 heteroatoms. The van der Waals surface area contributed by atoms with Gasteiger partial charge in [-0.2, -0.15) is 5.26 Å². The largest absolute Gasteiger partial charge is 0.378 e. The number of nitrogens with zero attached hydrogens (tertiary/aromatic N) is 1. The van der Waals surface area contributed by atoms with Crippen molar-refractivity contribution in [1.29, 1.82) is 5.26 Å². The summed E-state index contributed by atoms with van der Waals surface area (Å²) in [6.45, 7) is 2.10. The number of hydrogen-bond donors (Lipinski definition) is 1. The zero-order valence-electron chi connectivity index (χ0n) is 5.80. The summed E-state index contributed by atoms with van der Waals surface area (Å²) in [5.74, 6) is 0. The molecule has 0 rings (SSSR count). The van der Waals surface area contributed by atoms with Gasteiger partial charge in [0.1, 0.15) is 6.10 Å². The van der Waals surface area contributed by atoms with E-state index in [0.717, 1.165) is 19.3 Å². The molecule has 1 N–H and O–H groups in total. The van der Waals surface area contributed by atoms with Crippen LogP contribution in [0.5, 0.6) is 0 Å². The lowest BCUT2D eigenvalue weighted by molar-refractivity contribution is 0.215. The van der Waals surface area contributed by atoms with Gasteiger partial charge < -0.3 is 5.11 Å². The van der Waals surface area contributed by atoms with Crippen LogP contribution in [0.25, 0.3) is 0 Å². The Morgan fingerprint density at radius 1 is 1.56 bits per heavy atom. The predicted octanol–water partition coefficient (Wildman–Crippen LogP) is 1.45. The molecule has 0 radical (unpaired) electrons. The highest BCUT2D eigenvalue weighted by molar-refractivity contribution is 4.81. The van der Waals surface area contributed by atoms with Crippen LogP contribution in [0.2, 0.25) is 0 Å². The summed E-state index contributed by atoms with van der Waals surface area (Å²) in [7, 11) is 0. The molecule has 0 aromatic rings. The average molecular weight is 127 g/mol. The molecule has 9 heavy (non-hydrogen) atoms. The van der Waals surface area contributed by atoms with Crippen molar-refractivity contribution < 1.29 is 5.11 Å². The lowest BCUT2D eigenvalue weighted by atomic mass is 10.1. The topological polar surface area (TPSA) is 44.0 Å². The van der Waals surface area contributed by atoms with Crippen molar-refractivity contribution in [2.45, 2.75) is 38.7 Å². The Kier molecular flexibility index (Phi) is 5.24. The molecule has 0 amide bonds. The second kappa shape index (κ2) is 5.58. The van der Waals surface area contributed by atoms with Gasteiger partial charge in [-0.25, -0.2) is 0 Å². The second-order valence-corrected chi connectivity index (χ2v) is 2.14. The third-order valence-corrected chi connectivity index (χ3v) is 1.23. The van der Waals surface area contributed by atoms with Crippen molar-refractivity contribution >= 4 is 0 Å². The SMILES string of the molecule is CCCCCC(O)C#N. The summed E-state index contributed by atoms with van der Waals surface area (Å²) in [5.41, 5.74) is 0. The highest BCUT2D eigenvalue weighted by Crippen LogP contribution is 2.01. The smallest absolute Gasteiger partial charge is 0.140 e. The molecule has 0 saturated carbocycles. The van der Waals surface area contributed by atoms with E-state index in [-0.39, 0.29) is 0 Å². The predicted molar refractivity (Wildman–Crippen MR) is 35.8 cm³/mol. The molecule has 2 nitrogen and oxygen atoms in total. The van der Waals surface area contributed by atoms with Crippen LogP contribution >= 0.6 is 0 Å². The number of aliphatic hydroxyl groups excluding tert-OH is 1. The molecule has 0 aliphatic carbocycles. The van der Waals surface area contributed by atoms with Gasteiger partial charge in [0, 0.05) is 0 Å². The Balaban J connectivity index is 2.99. The molecular formula is C7H13NO. The molecule has 0 bridgehead atoms. The van der Waals surface area contributed by atoms with Gasteiger partial charge in [-0.15, -0.1) is 0 Å². The first-order valence-electron chi connectivity index (χ1n) is 3.39. The number of nitriles is 1. The van der Waals surface area contributed by atoms with Crippen molar-refractivity contribution in [2.24, 2.45) is 0 Å². The van der Waals surface area contributed by atoms with Crippen LogP contribution in [-0.2, 0) is 0 Å². The van der Waals surface area contributed by atoms with Gasteiger partial charge in [0.2, 0.25) is 0 Å². The summed E-state index contributed by atoms with van der Waals surface area (Å²) in [6.07, 6.45) is 3.10. The number of rotatable bonds is 4. The van der Waals surface area contributed by atoms with Crippen molar-refractivity contribution in [3.05, 3.63) is 0 Å². The van der Waals surface area contributed by atoms with Crippen molar-refractivity contribution in [3.8, 4) is 6.07 Å². The monoisotopic (exact) mass is 127 g/mol. The maximum atomic E-state index is 8.72. The third kappa shape index (κ3) is 5.32. The highest BCUT2D eigenvalue weighted by atomic mass is 16.3. The molecule has 1 atom stereocenters. The number of hydrogen-bond acceptors (Lipinski definition) is 2. The van der Waals surface area contributed by atoms with Crippen molar-refractivity contribution in [2.75, 3.05) is 0 Å². The Morgan fingerprint density at radius 2 is 2.22 bits per heavy atom. The summed E-state index contributed by atoms with van der Waals surface area (Å²) in [4.78, 5) is 0. The molecule has 0 aliphatic rings. The quantitative estimate of drug-likeness (QED) is 0.459. The molecular weight excluding hydrogens is 114 g/mol. The van der Waals surface area contributed by atoms with Gasteiger partial charge in [0.25, 0.3) is 0 Å². The first-order valence-corrected chi connectivity index (χ1v) is 3.39. The highest BCUT2D eigenvalue weighted by Gasteiger charge is 1.98. The lowest BCUT2D eigenvalue weighted by Gasteiger charge is -1.97. The van der Waals surface area contributed by atoms with Gasteiger partial charge in [-0.1, -0.05) is 19.8 Å². The van der Waals surface area contributed by atoms with E-state index in [1.807, 2.05) is 0 Å². The summed E-state index contributed by atoms with van der Waals surface area (Å²) >= 11 is 0. The fourth-order valence-electron chi connectivity index (χ4n) is 0.652. The first kappa shape index (κ1) is 8.45. The first-order chi connectivity index (χ1) is 4.31. The summed E-state index contributed by atoms with van der Waals surface area (Å²) < 4.78 is 0.